The fourth-order valence-electron chi connectivity index (χ4n) is 2.76. The number of nitrogens with zero attached hydrogens (tertiary/aromatic N) is 3. The summed E-state index contributed by atoms with van der Waals surface area (Å²) in [6.07, 6.45) is 0. The average Bonchev–Trinajstić information content (AvgIpc) is 2.93. The average molecular weight is 335 g/mol. The molecule has 2 heterocycles. The van der Waals surface area contributed by atoms with Crippen molar-refractivity contribution in [3.05, 3.63) is 53.4 Å². The van der Waals surface area contributed by atoms with Gasteiger partial charge in [0, 0.05) is 38.8 Å². The van der Waals surface area contributed by atoms with Crippen LogP contribution < -0.4 is 0 Å². The molecule has 0 saturated carbocycles. The van der Waals surface area contributed by atoms with E-state index in [-0.39, 0.29) is 5.75 Å². The van der Waals surface area contributed by atoms with Crippen LogP contribution in [0.2, 0.25) is 0 Å². The fourth-order valence-corrected chi connectivity index (χ4v) is 4.28. The molecule has 0 unspecified atom stereocenters. The Balaban J connectivity index is 1.55. The van der Waals surface area contributed by atoms with Crippen molar-refractivity contribution in [2.75, 3.05) is 26.2 Å². The Bertz CT molecular complexity index is 735. The van der Waals surface area contributed by atoms with Gasteiger partial charge in [0.15, 0.2) is 0 Å². The highest BCUT2D eigenvalue weighted by molar-refractivity contribution is 7.88. The van der Waals surface area contributed by atoms with Gasteiger partial charge < -0.3 is 4.52 Å². The van der Waals surface area contributed by atoms with Crippen molar-refractivity contribution in [3.8, 4) is 0 Å². The first-order chi connectivity index (χ1) is 11.0. The maximum absolute atomic E-state index is 12.5. The molecule has 2 aromatic rings. The lowest BCUT2D eigenvalue weighted by molar-refractivity contribution is 0.177. The molecule has 1 aliphatic rings. The first-order valence-electron chi connectivity index (χ1n) is 7.69. The van der Waals surface area contributed by atoms with E-state index in [9.17, 15) is 8.42 Å². The molecule has 0 radical (unpaired) electrons. The van der Waals surface area contributed by atoms with Crippen molar-refractivity contribution in [1.82, 2.24) is 14.4 Å². The van der Waals surface area contributed by atoms with E-state index in [0.29, 0.717) is 32.7 Å². The number of rotatable bonds is 5. The zero-order chi connectivity index (χ0) is 16.3. The Morgan fingerprint density at radius 3 is 2.43 bits per heavy atom. The second-order valence-electron chi connectivity index (χ2n) is 5.85. The molecule has 1 saturated heterocycles. The zero-order valence-electron chi connectivity index (χ0n) is 13.2. The molecule has 7 heteroatoms. The van der Waals surface area contributed by atoms with E-state index in [2.05, 4.69) is 10.1 Å². The van der Waals surface area contributed by atoms with Gasteiger partial charge in [-0.1, -0.05) is 35.5 Å². The lowest BCUT2D eigenvalue weighted by Gasteiger charge is -2.33. The molecule has 1 aromatic carbocycles. The largest absolute Gasteiger partial charge is 0.361 e. The van der Waals surface area contributed by atoms with E-state index in [1.807, 2.05) is 43.3 Å². The number of aromatic nitrogens is 1. The maximum Gasteiger partial charge on any atom is 0.218 e. The summed E-state index contributed by atoms with van der Waals surface area (Å²) in [4.78, 5) is 2.20. The lowest BCUT2D eigenvalue weighted by atomic mass is 10.2. The van der Waals surface area contributed by atoms with Gasteiger partial charge in [0.25, 0.3) is 0 Å². The van der Waals surface area contributed by atoms with Crippen LogP contribution in [0.25, 0.3) is 0 Å². The van der Waals surface area contributed by atoms with Crippen LogP contribution >= 0.6 is 0 Å². The van der Waals surface area contributed by atoms with E-state index >= 15 is 0 Å². The number of piperazine rings is 1. The zero-order valence-corrected chi connectivity index (χ0v) is 14.0. The Morgan fingerprint density at radius 2 is 1.83 bits per heavy atom. The molecule has 0 N–H and O–H groups in total. The molecule has 1 aliphatic heterocycles. The standard InChI is InChI=1S/C16H21N3O3S/c1-14-11-16(17-22-14)12-18-7-9-19(10-8-18)23(20,21)13-15-5-3-2-4-6-15/h2-6,11H,7-10,12-13H2,1H3. The van der Waals surface area contributed by atoms with Crippen LogP contribution in [-0.4, -0.2) is 49.0 Å². The van der Waals surface area contributed by atoms with Crippen LogP contribution in [0.3, 0.4) is 0 Å². The summed E-state index contributed by atoms with van der Waals surface area (Å²) in [5.41, 5.74) is 1.72. The monoisotopic (exact) mass is 335 g/mol. The first kappa shape index (κ1) is 16.2. The fraction of sp³-hybridized carbons (Fsp3) is 0.438. The predicted molar refractivity (Wildman–Crippen MR) is 87.2 cm³/mol. The van der Waals surface area contributed by atoms with Gasteiger partial charge in [-0.15, -0.1) is 0 Å². The highest BCUT2D eigenvalue weighted by atomic mass is 32.2. The van der Waals surface area contributed by atoms with E-state index in [0.717, 1.165) is 17.0 Å². The van der Waals surface area contributed by atoms with E-state index < -0.39 is 10.0 Å². The third-order valence-corrected chi connectivity index (χ3v) is 5.83. The van der Waals surface area contributed by atoms with Crippen molar-refractivity contribution in [3.63, 3.8) is 0 Å². The molecule has 124 valence electrons. The molecule has 0 spiro atoms. The molecular formula is C16H21N3O3S. The molecule has 3 rings (SSSR count). The SMILES string of the molecule is Cc1cc(CN2CCN(S(=O)(=O)Cc3ccccc3)CC2)no1. The number of hydrogen-bond donors (Lipinski definition) is 0. The third-order valence-electron chi connectivity index (χ3n) is 3.98. The van der Waals surface area contributed by atoms with Gasteiger partial charge in [0.1, 0.15) is 5.76 Å². The minimum absolute atomic E-state index is 0.0658. The minimum Gasteiger partial charge on any atom is -0.361 e. The third kappa shape index (κ3) is 4.19. The van der Waals surface area contributed by atoms with Crippen molar-refractivity contribution in [2.45, 2.75) is 19.2 Å². The van der Waals surface area contributed by atoms with Crippen LogP contribution in [0.15, 0.2) is 40.9 Å². The normalized spacial score (nSPS) is 17.4. The van der Waals surface area contributed by atoms with Crippen molar-refractivity contribution in [1.29, 1.82) is 0 Å². The highest BCUT2D eigenvalue weighted by Crippen LogP contribution is 2.15. The number of hydrogen-bond acceptors (Lipinski definition) is 5. The van der Waals surface area contributed by atoms with Crippen LogP contribution in [0.4, 0.5) is 0 Å². The van der Waals surface area contributed by atoms with Crippen LogP contribution in [0, 0.1) is 6.92 Å². The second-order valence-corrected chi connectivity index (χ2v) is 7.81. The van der Waals surface area contributed by atoms with Crippen molar-refractivity contribution in [2.24, 2.45) is 0 Å². The first-order valence-corrected chi connectivity index (χ1v) is 9.30. The van der Waals surface area contributed by atoms with E-state index in [1.54, 1.807) is 4.31 Å². The second kappa shape index (κ2) is 6.82. The smallest absolute Gasteiger partial charge is 0.218 e. The summed E-state index contributed by atoms with van der Waals surface area (Å²) >= 11 is 0. The molecule has 0 amide bonds. The van der Waals surface area contributed by atoms with E-state index in [4.69, 9.17) is 4.52 Å². The summed E-state index contributed by atoms with van der Waals surface area (Å²) in [7, 11) is -3.26. The molecular weight excluding hydrogens is 314 g/mol. The number of sulfonamides is 1. The lowest BCUT2D eigenvalue weighted by Crippen LogP contribution is -2.48. The summed E-state index contributed by atoms with van der Waals surface area (Å²) in [5.74, 6) is 0.861. The number of benzene rings is 1. The predicted octanol–water partition coefficient (Wildman–Crippen LogP) is 1.63. The van der Waals surface area contributed by atoms with Crippen LogP contribution in [-0.2, 0) is 22.3 Å². The van der Waals surface area contributed by atoms with Gasteiger partial charge in [-0.05, 0) is 12.5 Å². The molecule has 0 bridgehead atoms. The summed E-state index contributed by atoms with van der Waals surface area (Å²) < 4.78 is 31.7. The van der Waals surface area contributed by atoms with E-state index in [1.165, 1.54) is 0 Å². The molecule has 0 atom stereocenters. The maximum atomic E-state index is 12.5. The van der Waals surface area contributed by atoms with Gasteiger partial charge in [0.2, 0.25) is 10.0 Å². The topological polar surface area (TPSA) is 66.7 Å². The Kier molecular flexibility index (Phi) is 4.79. The quantitative estimate of drug-likeness (QED) is 0.831. The summed E-state index contributed by atoms with van der Waals surface area (Å²) in [5, 5.41) is 3.98. The van der Waals surface area contributed by atoms with Gasteiger partial charge >= 0.3 is 0 Å². The Hall–Kier alpha value is -1.70. The summed E-state index contributed by atoms with van der Waals surface area (Å²) in [6.45, 7) is 5.02. The Morgan fingerprint density at radius 1 is 1.13 bits per heavy atom. The molecule has 0 aliphatic carbocycles. The highest BCUT2D eigenvalue weighted by Gasteiger charge is 2.27. The van der Waals surface area contributed by atoms with Crippen molar-refractivity contribution < 1.29 is 12.9 Å². The van der Waals surface area contributed by atoms with Crippen LogP contribution in [0.5, 0.6) is 0 Å². The summed E-state index contributed by atoms with van der Waals surface area (Å²) in [6, 6.07) is 11.2. The Labute approximate surface area is 136 Å². The molecule has 6 nitrogen and oxygen atoms in total. The van der Waals surface area contributed by atoms with Gasteiger partial charge in [-0.3, -0.25) is 4.90 Å². The number of aryl methyl sites for hydroxylation is 1. The molecule has 23 heavy (non-hydrogen) atoms. The minimum atomic E-state index is -3.26. The molecule has 1 fully saturated rings. The van der Waals surface area contributed by atoms with Crippen LogP contribution in [0.1, 0.15) is 17.0 Å². The van der Waals surface area contributed by atoms with Gasteiger partial charge in [-0.2, -0.15) is 4.31 Å². The van der Waals surface area contributed by atoms with Gasteiger partial charge in [0.05, 0.1) is 11.4 Å². The molecule has 1 aromatic heterocycles. The van der Waals surface area contributed by atoms with Gasteiger partial charge in [-0.25, -0.2) is 8.42 Å². The van der Waals surface area contributed by atoms with Crippen molar-refractivity contribution >= 4 is 10.0 Å².